The number of carbonyl (C=O) groups is 4. The lowest BCUT2D eigenvalue weighted by Crippen LogP contribution is -2.40. The predicted octanol–water partition coefficient (Wildman–Crippen LogP) is 5.31. The van der Waals surface area contributed by atoms with Crippen molar-refractivity contribution in [3.05, 3.63) is 64.7 Å². The highest BCUT2D eigenvalue weighted by Gasteiger charge is 2.18. The van der Waals surface area contributed by atoms with E-state index >= 15 is 0 Å². The number of benzene rings is 2. The van der Waals surface area contributed by atoms with Gasteiger partial charge in [0.15, 0.2) is 5.17 Å². The number of thioether (sulfide) groups is 1. The van der Waals surface area contributed by atoms with Gasteiger partial charge in [-0.25, -0.2) is 9.59 Å². The number of aryl methyl sites for hydroxylation is 1. The number of ether oxygens (including phenoxy) is 2. The molecule has 0 fully saturated rings. The van der Waals surface area contributed by atoms with Crippen molar-refractivity contribution >= 4 is 73.8 Å². The summed E-state index contributed by atoms with van der Waals surface area (Å²) >= 11 is 2.31. The molecule has 0 aliphatic heterocycles. The Morgan fingerprint density at radius 2 is 1.26 bits per heavy atom. The third kappa shape index (κ3) is 16.0. The van der Waals surface area contributed by atoms with Crippen molar-refractivity contribution < 1.29 is 34.1 Å². The second kappa shape index (κ2) is 18.2. The number of amidine groups is 1. The average molecular weight is 726 g/mol. The summed E-state index contributed by atoms with van der Waals surface area (Å²) in [4.78, 5) is 48.8. The Balaban J connectivity index is 1.30. The van der Waals surface area contributed by atoms with Gasteiger partial charge < -0.3 is 20.1 Å². The molecule has 0 unspecified atom stereocenters. The van der Waals surface area contributed by atoms with Crippen LogP contribution in [0.25, 0.3) is 0 Å². The highest BCUT2D eigenvalue weighted by molar-refractivity contribution is 8.26. The number of hydrogen-bond acceptors (Lipinski definition) is 11. The molecule has 0 radical (unpaired) electrons. The van der Waals surface area contributed by atoms with Crippen molar-refractivity contribution in [1.29, 1.82) is 5.41 Å². The van der Waals surface area contributed by atoms with Gasteiger partial charge in [-0.3, -0.25) is 31.0 Å². The summed E-state index contributed by atoms with van der Waals surface area (Å²) in [6.07, 6.45) is 1.78. The standard InChI is InChI=1S/C34H44N8O6S2/c1-33(2,3)47-31(45)37-23-15-11-21(12-16-23)19-26(43)39-29(36)49-25(35)9-7-8-10-28-41-42-30(50-28)40-27(44)20-22-13-17-24(18-14-22)38-32(46)48-34(4,5)6/h11-18,35H,7-10,19-20H2,1-6H3,(H,37,45)(H,38,46)(H2,36,39,43)(H,40,42,44)/p+1. The molecule has 14 nitrogen and oxygen atoms in total. The van der Waals surface area contributed by atoms with Crippen molar-refractivity contribution in [3.8, 4) is 0 Å². The first-order valence-corrected chi connectivity index (χ1v) is 17.5. The molecule has 0 aliphatic rings. The molecule has 4 amide bonds. The van der Waals surface area contributed by atoms with Gasteiger partial charge in [0.25, 0.3) is 0 Å². The molecule has 0 atom stereocenters. The monoisotopic (exact) mass is 725 g/mol. The zero-order valence-electron chi connectivity index (χ0n) is 29.1. The molecule has 16 heteroatoms. The van der Waals surface area contributed by atoms with Crippen molar-refractivity contribution in [2.24, 2.45) is 0 Å². The largest absolute Gasteiger partial charge is 0.444 e. The third-order valence-corrected chi connectivity index (χ3v) is 7.86. The number of nitrogens with one attached hydrogen (secondary N) is 5. The Hall–Kier alpha value is -4.83. The van der Waals surface area contributed by atoms with Crippen LogP contribution in [0.15, 0.2) is 48.5 Å². The van der Waals surface area contributed by atoms with E-state index in [4.69, 9.17) is 20.3 Å². The highest BCUT2D eigenvalue weighted by Crippen LogP contribution is 2.20. The number of amides is 4. The zero-order valence-corrected chi connectivity index (χ0v) is 30.7. The summed E-state index contributed by atoms with van der Waals surface area (Å²) in [5.74, 6) is -0.590. The van der Waals surface area contributed by atoms with Crippen LogP contribution in [0.3, 0.4) is 0 Å². The zero-order chi connectivity index (χ0) is 36.9. The van der Waals surface area contributed by atoms with Crippen molar-refractivity contribution in [3.63, 3.8) is 0 Å². The number of aromatic nitrogens is 2. The molecule has 2 aromatic carbocycles. The highest BCUT2D eigenvalue weighted by atomic mass is 32.2. The van der Waals surface area contributed by atoms with Crippen LogP contribution < -0.4 is 26.7 Å². The summed E-state index contributed by atoms with van der Waals surface area (Å²) in [5.41, 5.74) is 1.37. The molecule has 0 spiro atoms. The van der Waals surface area contributed by atoms with E-state index < -0.39 is 23.4 Å². The fourth-order valence-corrected chi connectivity index (χ4v) is 5.62. The number of unbranched alkanes of at least 4 members (excludes halogenated alkanes) is 1. The van der Waals surface area contributed by atoms with Crippen LogP contribution in [0, 0.1) is 5.41 Å². The van der Waals surface area contributed by atoms with Crippen LogP contribution in [0.2, 0.25) is 0 Å². The van der Waals surface area contributed by atoms with Crippen LogP contribution in [0.5, 0.6) is 0 Å². The molecule has 0 saturated carbocycles. The van der Waals surface area contributed by atoms with E-state index in [1.807, 2.05) is 0 Å². The first kappa shape index (κ1) is 39.6. The normalized spacial score (nSPS) is 11.2. The Labute approximate surface area is 299 Å². The van der Waals surface area contributed by atoms with E-state index in [-0.39, 0.29) is 29.8 Å². The van der Waals surface area contributed by atoms with Crippen LogP contribution in [-0.2, 0) is 38.3 Å². The minimum Gasteiger partial charge on any atom is -0.444 e. The Kier molecular flexibility index (Phi) is 14.5. The van der Waals surface area contributed by atoms with Crippen molar-refractivity contribution in [2.45, 2.75) is 91.3 Å². The number of nitrogens with zero attached hydrogens (tertiary/aromatic N) is 2. The number of carbonyl (C=O) groups excluding carboxylic acids is 4. The number of nitrogens with two attached hydrogens (primary N) is 1. The molecule has 0 bridgehead atoms. The second-order valence-electron chi connectivity index (χ2n) is 13.2. The summed E-state index contributed by atoms with van der Waals surface area (Å²) in [7, 11) is 0. The first-order chi connectivity index (χ1) is 23.4. The van der Waals surface area contributed by atoms with Crippen molar-refractivity contribution in [2.75, 3.05) is 16.0 Å². The lowest BCUT2D eigenvalue weighted by molar-refractivity contribution is -0.119. The van der Waals surface area contributed by atoms with Gasteiger partial charge in [0.05, 0.1) is 12.8 Å². The van der Waals surface area contributed by atoms with Crippen molar-refractivity contribution in [1.82, 2.24) is 15.5 Å². The summed E-state index contributed by atoms with van der Waals surface area (Å²) in [5, 5.41) is 34.7. The van der Waals surface area contributed by atoms with E-state index in [1.54, 1.807) is 90.1 Å². The Bertz CT molecular complexity index is 1660. The molecule has 0 aliphatic carbocycles. The molecule has 1 aromatic heterocycles. The molecule has 3 aromatic rings. The summed E-state index contributed by atoms with van der Waals surface area (Å²) < 4.78 is 10.5. The molecule has 3 rings (SSSR count). The maximum Gasteiger partial charge on any atom is 0.412 e. The third-order valence-electron chi connectivity index (χ3n) is 6.19. The second-order valence-corrected chi connectivity index (χ2v) is 15.4. The first-order valence-electron chi connectivity index (χ1n) is 15.9. The molecule has 0 saturated heterocycles. The minimum absolute atomic E-state index is 0.0576. The lowest BCUT2D eigenvalue weighted by Gasteiger charge is -2.19. The van der Waals surface area contributed by atoms with Gasteiger partial charge >= 0.3 is 12.2 Å². The van der Waals surface area contributed by atoms with Gasteiger partial charge in [0.1, 0.15) is 16.2 Å². The Morgan fingerprint density at radius 1 is 0.760 bits per heavy atom. The van der Waals surface area contributed by atoms with Crippen LogP contribution >= 0.6 is 23.1 Å². The minimum atomic E-state index is -0.609. The van der Waals surface area contributed by atoms with E-state index in [9.17, 15) is 19.2 Å². The molecule has 50 heavy (non-hydrogen) atoms. The smallest absolute Gasteiger partial charge is 0.412 e. The molecule has 7 N–H and O–H groups in total. The van der Waals surface area contributed by atoms with Crippen LogP contribution in [0.1, 0.15) is 76.9 Å². The maximum atomic E-state index is 12.5. The van der Waals surface area contributed by atoms with Crippen LogP contribution in [-0.4, -0.2) is 55.6 Å². The lowest BCUT2D eigenvalue weighted by atomic mass is 10.1. The van der Waals surface area contributed by atoms with Crippen LogP contribution in [0.4, 0.5) is 26.1 Å². The maximum absolute atomic E-state index is 12.5. The average Bonchev–Trinajstić information content (AvgIpc) is 3.42. The molecular formula is C34H45N8O6S2+. The van der Waals surface area contributed by atoms with Gasteiger partial charge in [0.2, 0.25) is 22.0 Å². The van der Waals surface area contributed by atoms with E-state index in [0.29, 0.717) is 40.0 Å². The molecular weight excluding hydrogens is 681 g/mol. The topological polar surface area (TPSA) is 210 Å². The fourth-order valence-electron chi connectivity index (χ4n) is 4.15. The van der Waals surface area contributed by atoms with Gasteiger partial charge in [-0.2, -0.15) is 0 Å². The summed E-state index contributed by atoms with van der Waals surface area (Å²) in [6.45, 7) is 10.7. The van der Waals surface area contributed by atoms with Gasteiger partial charge in [0, 0.05) is 36.0 Å². The van der Waals surface area contributed by atoms with E-state index in [1.165, 1.54) is 11.3 Å². The Morgan fingerprint density at radius 3 is 1.76 bits per heavy atom. The molecule has 268 valence electrons. The number of hydrogen-bond donors (Lipinski definition) is 6. The predicted molar refractivity (Wildman–Crippen MR) is 196 cm³/mol. The van der Waals surface area contributed by atoms with E-state index in [0.717, 1.165) is 35.2 Å². The number of rotatable bonds is 12. The van der Waals surface area contributed by atoms with Gasteiger partial charge in [-0.1, -0.05) is 35.6 Å². The van der Waals surface area contributed by atoms with Gasteiger partial charge in [-0.05, 0) is 89.8 Å². The SMILES string of the molecule is CC(C)(C)OC(=O)Nc1ccc(CC(=O)NC(=N)SC(=[NH2+])CCCCc2nnc(NC(=O)Cc3ccc(NC(=O)OC(C)(C)C)cc3)s2)cc1. The molecule has 1 heterocycles. The number of anilines is 3. The van der Waals surface area contributed by atoms with Gasteiger partial charge in [-0.15, -0.1) is 10.2 Å². The fraction of sp³-hybridized carbons (Fsp3) is 0.412. The summed E-state index contributed by atoms with van der Waals surface area (Å²) in [6, 6.07) is 13.7. The van der Waals surface area contributed by atoms with E-state index in [2.05, 4.69) is 31.5 Å². The quantitative estimate of drug-likeness (QED) is 0.0811.